The molecule has 0 N–H and O–H groups in total. The van der Waals surface area contributed by atoms with E-state index in [4.69, 9.17) is 29.9 Å². The number of aryl methyl sites for hydroxylation is 1. The van der Waals surface area contributed by atoms with Crippen molar-refractivity contribution >= 4 is 0 Å². The summed E-state index contributed by atoms with van der Waals surface area (Å²) in [6, 6.07) is 72.3. The first-order valence-corrected chi connectivity index (χ1v) is 20.3. The lowest BCUT2D eigenvalue weighted by Gasteiger charge is -2.14. The van der Waals surface area contributed by atoms with E-state index in [-0.39, 0.29) is 0 Å². The summed E-state index contributed by atoms with van der Waals surface area (Å²) in [7, 11) is 0. The lowest BCUT2D eigenvalue weighted by molar-refractivity contribution is 1.04. The standard InChI is InChI=1S/C55H38N6/c1-37-18-17-29-43(30-37)46-33-49(42-27-15-6-16-28-42)58-52(36-46)55-60-53(50-34-44(38-19-7-2-8-20-38)31-47(56-50)40-23-11-4-12-24-40)59-54(61-55)51-35-45(39-21-9-3-10-22-39)32-48(57-51)41-25-13-5-14-26-41/h2-36H,1H3. The molecule has 0 saturated heterocycles. The van der Waals surface area contributed by atoms with Crippen molar-refractivity contribution in [1.29, 1.82) is 0 Å². The molecule has 61 heavy (non-hydrogen) atoms. The van der Waals surface area contributed by atoms with Gasteiger partial charge in [0.05, 0.1) is 17.1 Å². The van der Waals surface area contributed by atoms with E-state index < -0.39 is 0 Å². The lowest BCUT2D eigenvalue weighted by atomic mass is 10.0. The third-order valence-corrected chi connectivity index (χ3v) is 10.6. The molecule has 6 heteroatoms. The molecule has 0 unspecified atom stereocenters. The number of aromatic nitrogens is 6. The van der Waals surface area contributed by atoms with Crippen LogP contribution in [-0.4, -0.2) is 29.9 Å². The molecule has 0 saturated carbocycles. The average Bonchev–Trinajstić information content (AvgIpc) is 3.35. The Hall–Kier alpha value is -8.22. The van der Waals surface area contributed by atoms with Gasteiger partial charge >= 0.3 is 0 Å². The molecule has 10 rings (SSSR count). The zero-order valence-electron chi connectivity index (χ0n) is 33.4. The van der Waals surface area contributed by atoms with Gasteiger partial charge in [0, 0.05) is 16.7 Å². The first-order valence-electron chi connectivity index (χ1n) is 20.3. The summed E-state index contributed by atoms with van der Waals surface area (Å²) in [5, 5.41) is 0. The fourth-order valence-corrected chi connectivity index (χ4v) is 7.51. The normalized spacial score (nSPS) is 11.0. The Balaban J connectivity index is 1.24. The van der Waals surface area contributed by atoms with Crippen molar-refractivity contribution in [2.75, 3.05) is 0 Å². The number of rotatable bonds is 9. The number of hydrogen-bond donors (Lipinski definition) is 0. The monoisotopic (exact) mass is 782 g/mol. The van der Waals surface area contributed by atoms with Crippen LogP contribution in [0.15, 0.2) is 212 Å². The van der Waals surface area contributed by atoms with Gasteiger partial charge in [0.15, 0.2) is 17.5 Å². The number of nitrogens with zero attached hydrogens (tertiary/aromatic N) is 6. The van der Waals surface area contributed by atoms with Crippen LogP contribution in [-0.2, 0) is 0 Å². The summed E-state index contributed by atoms with van der Waals surface area (Å²) >= 11 is 0. The molecule has 0 radical (unpaired) electrons. The molecular formula is C55H38N6. The minimum Gasteiger partial charge on any atom is -0.244 e. The Labute approximate surface area is 355 Å². The molecule has 0 bridgehead atoms. The first kappa shape index (κ1) is 37.1. The molecule has 4 aromatic heterocycles. The second-order valence-electron chi connectivity index (χ2n) is 14.9. The Morgan fingerprint density at radius 3 is 0.820 bits per heavy atom. The Morgan fingerprint density at radius 2 is 0.492 bits per heavy atom. The Morgan fingerprint density at radius 1 is 0.213 bits per heavy atom. The van der Waals surface area contributed by atoms with Gasteiger partial charge in [0.2, 0.25) is 0 Å². The highest BCUT2D eigenvalue weighted by Crippen LogP contribution is 2.35. The van der Waals surface area contributed by atoms with Gasteiger partial charge in [-0.1, -0.05) is 181 Å². The second-order valence-corrected chi connectivity index (χ2v) is 14.9. The topological polar surface area (TPSA) is 77.3 Å². The van der Waals surface area contributed by atoms with E-state index in [1.54, 1.807) is 0 Å². The van der Waals surface area contributed by atoms with Gasteiger partial charge in [-0.3, -0.25) is 0 Å². The molecule has 6 nitrogen and oxygen atoms in total. The molecule has 0 fully saturated rings. The molecule has 0 aliphatic carbocycles. The van der Waals surface area contributed by atoms with Gasteiger partial charge in [-0.05, 0) is 76.7 Å². The third-order valence-electron chi connectivity index (χ3n) is 10.6. The molecule has 0 amide bonds. The van der Waals surface area contributed by atoms with E-state index in [9.17, 15) is 0 Å². The van der Waals surface area contributed by atoms with Gasteiger partial charge in [-0.15, -0.1) is 0 Å². The van der Waals surface area contributed by atoms with E-state index in [1.807, 2.05) is 91.0 Å². The van der Waals surface area contributed by atoms with Crippen LogP contribution in [0.5, 0.6) is 0 Å². The quantitative estimate of drug-likeness (QED) is 0.145. The predicted molar refractivity (Wildman–Crippen MR) is 247 cm³/mol. The molecule has 0 aliphatic rings. The van der Waals surface area contributed by atoms with E-state index in [2.05, 4.69) is 128 Å². The Bertz CT molecular complexity index is 2860. The summed E-state index contributed by atoms with van der Waals surface area (Å²) in [6.45, 7) is 2.11. The maximum Gasteiger partial charge on any atom is 0.182 e. The van der Waals surface area contributed by atoms with Crippen molar-refractivity contribution in [3.63, 3.8) is 0 Å². The summed E-state index contributed by atoms with van der Waals surface area (Å²) in [5.41, 5.74) is 14.5. The van der Waals surface area contributed by atoms with Crippen LogP contribution in [0.2, 0.25) is 0 Å². The van der Waals surface area contributed by atoms with Gasteiger partial charge in [-0.25, -0.2) is 29.9 Å². The van der Waals surface area contributed by atoms with Gasteiger partial charge in [0.25, 0.3) is 0 Å². The van der Waals surface area contributed by atoms with Crippen molar-refractivity contribution < 1.29 is 0 Å². The van der Waals surface area contributed by atoms with Crippen LogP contribution >= 0.6 is 0 Å². The average molecular weight is 783 g/mol. The highest BCUT2D eigenvalue weighted by Gasteiger charge is 2.20. The molecule has 10 aromatic rings. The summed E-state index contributed by atoms with van der Waals surface area (Å²) in [5.74, 6) is 1.23. The smallest absolute Gasteiger partial charge is 0.182 e. The summed E-state index contributed by atoms with van der Waals surface area (Å²) in [4.78, 5) is 31.5. The maximum atomic E-state index is 5.26. The maximum absolute atomic E-state index is 5.26. The molecule has 0 atom stereocenters. The fourth-order valence-electron chi connectivity index (χ4n) is 7.51. The number of benzene rings is 6. The minimum absolute atomic E-state index is 0.409. The third kappa shape index (κ3) is 8.11. The molecule has 6 aromatic carbocycles. The zero-order chi connectivity index (χ0) is 41.0. The summed E-state index contributed by atoms with van der Waals surface area (Å²) in [6.07, 6.45) is 0. The fraction of sp³-hybridized carbons (Fsp3) is 0.0182. The second kappa shape index (κ2) is 16.6. The highest BCUT2D eigenvalue weighted by atomic mass is 15.1. The van der Waals surface area contributed by atoms with E-state index in [0.29, 0.717) is 34.6 Å². The largest absolute Gasteiger partial charge is 0.244 e. The van der Waals surface area contributed by atoms with Crippen molar-refractivity contribution in [2.45, 2.75) is 6.92 Å². The van der Waals surface area contributed by atoms with Crippen molar-refractivity contribution in [3.8, 4) is 102 Å². The molecule has 0 aliphatic heterocycles. The summed E-state index contributed by atoms with van der Waals surface area (Å²) < 4.78 is 0. The lowest BCUT2D eigenvalue weighted by Crippen LogP contribution is -2.05. The van der Waals surface area contributed by atoms with Crippen molar-refractivity contribution in [1.82, 2.24) is 29.9 Å². The van der Waals surface area contributed by atoms with Crippen molar-refractivity contribution in [3.05, 3.63) is 218 Å². The first-order chi connectivity index (χ1) is 30.1. The predicted octanol–water partition coefficient (Wildman–Crippen LogP) is 13.4. The molecule has 0 spiro atoms. The molecule has 288 valence electrons. The zero-order valence-corrected chi connectivity index (χ0v) is 33.4. The van der Waals surface area contributed by atoms with Crippen LogP contribution in [0.4, 0.5) is 0 Å². The van der Waals surface area contributed by atoms with Crippen LogP contribution < -0.4 is 0 Å². The van der Waals surface area contributed by atoms with Crippen LogP contribution in [0.3, 0.4) is 0 Å². The van der Waals surface area contributed by atoms with Gasteiger partial charge < -0.3 is 0 Å². The number of pyridine rings is 3. The van der Waals surface area contributed by atoms with Gasteiger partial charge in [0.1, 0.15) is 17.1 Å². The van der Waals surface area contributed by atoms with E-state index in [1.165, 1.54) is 5.56 Å². The van der Waals surface area contributed by atoms with E-state index in [0.717, 1.165) is 67.2 Å². The Kier molecular flexibility index (Phi) is 10.1. The van der Waals surface area contributed by atoms with Crippen molar-refractivity contribution in [2.24, 2.45) is 0 Å². The van der Waals surface area contributed by atoms with Crippen LogP contribution in [0.1, 0.15) is 5.56 Å². The van der Waals surface area contributed by atoms with Crippen LogP contribution in [0, 0.1) is 6.92 Å². The molecule has 4 heterocycles. The SMILES string of the molecule is Cc1cccc(-c2cc(-c3ccccc3)nc(-c3nc(-c4cc(-c5ccccc5)cc(-c5ccccc5)n4)nc(-c4cc(-c5ccccc5)cc(-c5ccccc5)n4)n3)c2)c1. The van der Waals surface area contributed by atoms with Gasteiger partial charge in [-0.2, -0.15) is 0 Å². The highest BCUT2D eigenvalue weighted by molar-refractivity contribution is 5.80. The number of hydrogen-bond acceptors (Lipinski definition) is 6. The molecular weight excluding hydrogens is 745 g/mol. The van der Waals surface area contributed by atoms with E-state index >= 15 is 0 Å². The minimum atomic E-state index is 0.409. The van der Waals surface area contributed by atoms with Crippen LogP contribution in [0.25, 0.3) is 102 Å².